The molecule has 0 unspecified atom stereocenters. The number of nitrogens with zero attached hydrogens (tertiary/aromatic N) is 2. The van der Waals surface area contributed by atoms with E-state index in [1.165, 1.54) is 0 Å². The molecule has 78 valence electrons. The second-order valence-corrected chi connectivity index (χ2v) is 2.48. The molecule has 0 aliphatic rings. The van der Waals surface area contributed by atoms with Crippen molar-refractivity contribution in [1.82, 2.24) is 9.78 Å². The van der Waals surface area contributed by atoms with E-state index in [1.807, 2.05) is 0 Å². The lowest BCUT2D eigenvalue weighted by Crippen LogP contribution is -2.06. The van der Waals surface area contributed by atoms with Gasteiger partial charge in [-0.25, -0.2) is 4.68 Å². The summed E-state index contributed by atoms with van der Waals surface area (Å²) in [4.78, 5) is 0. The lowest BCUT2D eigenvalue weighted by Gasteiger charge is -2.01. The first-order valence-electron chi connectivity index (χ1n) is 3.79. The normalized spacial score (nSPS) is 8.77. The minimum absolute atomic E-state index is 0. The second-order valence-electron chi connectivity index (χ2n) is 2.48. The van der Waals surface area contributed by atoms with Gasteiger partial charge in [0, 0.05) is 18.7 Å². The molecule has 13 heavy (non-hydrogen) atoms. The van der Waals surface area contributed by atoms with Gasteiger partial charge in [-0.3, -0.25) is 0 Å². The summed E-state index contributed by atoms with van der Waals surface area (Å²) in [5, 5.41) is 4.09. The highest BCUT2D eigenvalue weighted by Crippen LogP contribution is 2.09. The van der Waals surface area contributed by atoms with Crippen LogP contribution in [0.5, 0.6) is 0 Å². The van der Waals surface area contributed by atoms with Crippen molar-refractivity contribution in [1.29, 1.82) is 0 Å². The molecular weight excluding hydrogens is 211 g/mol. The summed E-state index contributed by atoms with van der Waals surface area (Å²) in [6.07, 6.45) is 2.76. The highest BCUT2D eigenvalue weighted by Gasteiger charge is 2.03. The molecular formula is C7H16Cl2N4. The van der Waals surface area contributed by atoms with E-state index in [1.54, 1.807) is 10.9 Å². The molecule has 1 aromatic rings. The molecule has 1 aromatic heterocycles. The van der Waals surface area contributed by atoms with Crippen LogP contribution in [0, 0.1) is 0 Å². The van der Waals surface area contributed by atoms with E-state index in [2.05, 4.69) is 12.0 Å². The summed E-state index contributed by atoms with van der Waals surface area (Å²) >= 11 is 0. The number of halogens is 2. The zero-order chi connectivity index (χ0) is 8.27. The Labute approximate surface area is 90.5 Å². The van der Waals surface area contributed by atoms with Gasteiger partial charge in [0.15, 0.2) is 0 Å². The van der Waals surface area contributed by atoms with Crippen LogP contribution >= 0.6 is 24.8 Å². The van der Waals surface area contributed by atoms with Crippen molar-refractivity contribution < 1.29 is 0 Å². The maximum atomic E-state index is 5.72. The van der Waals surface area contributed by atoms with E-state index < -0.39 is 0 Å². The average molecular weight is 227 g/mol. The number of aromatic nitrogens is 2. The standard InChI is InChI=1S/C7H14N4.2ClH/c1-2-3-11-7(9)6(4-8)5-10-11;;/h5H,2-4,8-9H2,1H3;2*1H. The summed E-state index contributed by atoms with van der Waals surface area (Å²) in [6, 6.07) is 0. The molecule has 6 heteroatoms. The Balaban J connectivity index is 0. The van der Waals surface area contributed by atoms with Crippen LogP contribution in [-0.2, 0) is 13.1 Å². The zero-order valence-corrected chi connectivity index (χ0v) is 9.20. The van der Waals surface area contributed by atoms with Gasteiger partial charge in [0.2, 0.25) is 0 Å². The van der Waals surface area contributed by atoms with E-state index in [0.29, 0.717) is 12.4 Å². The van der Waals surface area contributed by atoms with Crippen molar-refractivity contribution in [2.75, 3.05) is 5.73 Å². The van der Waals surface area contributed by atoms with Crippen LogP contribution in [0.2, 0.25) is 0 Å². The highest BCUT2D eigenvalue weighted by molar-refractivity contribution is 5.85. The Hall–Kier alpha value is -0.450. The highest BCUT2D eigenvalue weighted by atomic mass is 35.5. The van der Waals surface area contributed by atoms with Gasteiger partial charge in [0.25, 0.3) is 0 Å². The van der Waals surface area contributed by atoms with Crippen LogP contribution in [0.3, 0.4) is 0 Å². The van der Waals surface area contributed by atoms with Gasteiger partial charge in [-0.2, -0.15) is 5.10 Å². The molecule has 0 atom stereocenters. The molecule has 0 aromatic carbocycles. The van der Waals surface area contributed by atoms with E-state index in [9.17, 15) is 0 Å². The van der Waals surface area contributed by atoms with Gasteiger partial charge in [0.05, 0.1) is 6.20 Å². The van der Waals surface area contributed by atoms with Crippen LogP contribution < -0.4 is 11.5 Å². The Kier molecular flexibility index (Phi) is 8.10. The Morgan fingerprint density at radius 3 is 2.46 bits per heavy atom. The number of nitrogen functional groups attached to an aromatic ring is 1. The molecule has 0 saturated heterocycles. The summed E-state index contributed by atoms with van der Waals surface area (Å²) in [5.74, 6) is 0.703. The van der Waals surface area contributed by atoms with Crippen molar-refractivity contribution in [2.24, 2.45) is 5.73 Å². The summed E-state index contributed by atoms with van der Waals surface area (Å²) in [5.41, 5.74) is 12.1. The fourth-order valence-electron chi connectivity index (χ4n) is 0.981. The summed E-state index contributed by atoms with van der Waals surface area (Å²) < 4.78 is 1.78. The minimum Gasteiger partial charge on any atom is -0.384 e. The van der Waals surface area contributed by atoms with Gasteiger partial charge in [0.1, 0.15) is 5.82 Å². The van der Waals surface area contributed by atoms with E-state index in [-0.39, 0.29) is 24.8 Å². The lowest BCUT2D eigenvalue weighted by atomic mass is 10.3. The van der Waals surface area contributed by atoms with Crippen molar-refractivity contribution in [3.63, 3.8) is 0 Å². The molecule has 4 nitrogen and oxygen atoms in total. The van der Waals surface area contributed by atoms with E-state index in [0.717, 1.165) is 18.5 Å². The van der Waals surface area contributed by atoms with Gasteiger partial charge in [-0.05, 0) is 6.42 Å². The fourth-order valence-corrected chi connectivity index (χ4v) is 0.981. The maximum Gasteiger partial charge on any atom is 0.126 e. The Bertz CT molecular complexity index is 236. The smallest absolute Gasteiger partial charge is 0.126 e. The van der Waals surface area contributed by atoms with Crippen LogP contribution in [-0.4, -0.2) is 9.78 Å². The number of hydrogen-bond acceptors (Lipinski definition) is 3. The van der Waals surface area contributed by atoms with Crippen LogP contribution in [0.25, 0.3) is 0 Å². The second kappa shape index (κ2) is 7.00. The molecule has 0 aliphatic heterocycles. The molecule has 0 fully saturated rings. The Morgan fingerprint density at radius 1 is 1.46 bits per heavy atom. The maximum absolute atomic E-state index is 5.72. The molecule has 0 bridgehead atoms. The molecule has 0 spiro atoms. The van der Waals surface area contributed by atoms with Crippen molar-refractivity contribution in [2.45, 2.75) is 26.4 Å². The van der Waals surface area contributed by atoms with Gasteiger partial charge in [-0.1, -0.05) is 6.92 Å². The van der Waals surface area contributed by atoms with Crippen molar-refractivity contribution >= 4 is 30.6 Å². The molecule has 0 radical (unpaired) electrons. The Morgan fingerprint density at radius 2 is 2.08 bits per heavy atom. The molecule has 0 saturated carbocycles. The molecule has 0 aliphatic carbocycles. The van der Waals surface area contributed by atoms with E-state index >= 15 is 0 Å². The molecule has 4 N–H and O–H groups in total. The molecule has 0 amide bonds. The minimum atomic E-state index is 0. The van der Waals surface area contributed by atoms with Crippen LogP contribution in [0.15, 0.2) is 6.20 Å². The number of anilines is 1. The summed E-state index contributed by atoms with van der Waals surface area (Å²) in [6.45, 7) is 3.42. The van der Waals surface area contributed by atoms with Crippen molar-refractivity contribution in [3.8, 4) is 0 Å². The summed E-state index contributed by atoms with van der Waals surface area (Å²) in [7, 11) is 0. The van der Waals surface area contributed by atoms with E-state index in [4.69, 9.17) is 11.5 Å². The predicted octanol–water partition coefficient (Wildman–Crippen LogP) is 1.18. The molecule has 1 heterocycles. The first-order valence-corrected chi connectivity index (χ1v) is 3.79. The van der Waals surface area contributed by atoms with Gasteiger partial charge >= 0.3 is 0 Å². The average Bonchev–Trinajstić information content (AvgIpc) is 2.34. The van der Waals surface area contributed by atoms with Gasteiger partial charge in [-0.15, -0.1) is 24.8 Å². The number of hydrogen-bond donors (Lipinski definition) is 2. The quantitative estimate of drug-likeness (QED) is 0.814. The first kappa shape index (κ1) is 15.0. The number of rotatable bonds is 3. The van der Waals surface area contributed by atoms with Crippen LogP contribution in [0.1, 0.15) is 18.9 Å². The molecule has 1 rings (SSSR count). The topological polar surface area (TPSA) is 69.9 Å². The first-order chi connectivity index (χ1) is 5.29. The monoisotopic (exact) mass is 226 g/mol. The predicted molar refractivity (Wildman–Crippen MR) is 59.3 cm³/mol. The third kappa shape index (κ3) is 3.42. The third-order valence-electron chi connectivity index (χ3n) is 1.62. The largest absolute Gasteiger partial charge is 0.384 e. The SMILES string of the molecule is CCCn1ncc(CN)c1N.Cl.Cl. The third-order valence-corrected chi connectivity index (χ3v) is 1.62. The fraction of sp³-hybridized carbons (Fsp3) is 0.571. The van der Waals surface area contributed by atoms with Crippen molar-refractivity contribution in [3.05, 3.63) is 11.8 Å². The van der Waals surface area contributed by atoms with Gasteiger partial charge < -0.3 is 11.5 Å². The number of aryl methyl sites for hydroxylation is 1. The number of nitrogens with two attached hydrogens (primary N) is 2. The van der Waals surface area contributed by atoms with Crippen LogP contribution in [0.4, 0.5) is 5.82 Å². The lowest BCUT2D eigenvalue weighted by molar-refractivity contribution is 0.611. The zero-order valence-electron chi connectivity index (χ0n) is 7.56.